The summed E-state index contributed by atoms with van der Waals surface area (Å²) in [5.41, 5.74) is 0. The van der Waals surface area contributed by atoms with Gasteiger partial charge in [-0.05, 0) is 0 Å². The number of hydrogen-bond donors (Lipinski definition) is 0. The molecule has 0 unspecified atom stereocenters. The molecule has 0 amide bonds. The van der Waals surface area contributed by atoms with Crippen LogP contribution in [0.5, 0.6) is 0 Å². The second-order valence-electron chi connectivity index (χ2n) is 2.47. The van der Waals surface area contributed by atoms with E-state index in [9.17, 15) is 0 Å². The molecule has 0 aromatic carbocycles. The second-order valence-corrected chi connectivity index (χ2v) is 13.1. The summed E-state index contributed by atoms with van der Waals surface area (Å²) in [4.78, 5) is 0. The van der Waals surface area contributed by atoms with Crippen LogP contribution in [-0.4, -0.2) is 33.8 Å². The van der Waals surface area contributed by atoms with Crippen molar-refractivity contribution in [3.05, 3.63) is 0 Å². The van der Waals surface area contributed by atoms with E-state index in [1.165, 1.54) is 0 Å². The molecule has 0 saturated carbocycles. The van der Waals surface area contributed by atoms with Gasteiger partial charge in [0.05, 0.1) is 0 Å². The van der Waals surface area contributed by atoms with Gasteiger partial charge < -0.3 is 0 Å². The van der Waals surface area contributed by atoms with Gasteiger partial charge in [0, 0.05) is 0 Å². The summed E-state index contributed by atoms with van der Waals surface area (Å²) in [6.07, 6.45) is -0.673. The summed E-state index contributed by atoms with van der Waals surface area (Å²) in [6.45, 7) is 9.18. The van der Waals surface area contributed by atoms with Crippen LogP contribution < -0.4 is 0 Å². The molecule has 0 nitrogen and oxygen atoms in total. The van der Waals surface area contributed by atoms with E-state index >= 15 is 0 Å². The van der Waals surface area contributed by atoms with Crippen molar-refractivity contribution in [2.24, 2.45) is 0 Å². The zero-order chi connectivity index (χ0) is 6.08. The van der Waals surface area contributed by atoms with Crippen LogP contribution >= 0.6 is 14.1 Å². The molecule has 0 heterocycles. The Kier molecular flexibility index (Phi) is 2.79. The fraction of sp³-hybridized carbons (Fsp3) is 1.00. The third-order valence-electron chi connectivity index (χ3n) is 1.08. The van der Waals surface area contributed by atoms with Gasteiger partial charge in [-0.15, -0.1) is 0 Å². The van der Waals surface area contributed by atoms with E-state index in [1.54, 1.807) is 0 Å². The maximum atomic E-state index is 4.11. The topological polar surface area (TPSA) is 0 Å². The Balaban J connectivity index is 3.80. The van der Waals surface area contributed by atoms with Crippen molar-refractivity contribution >= 4 is 21.2 Å². The van der Waals surface area contributed by atoms with Crippen LogP contribution in [0.1, 0.15) is 0 Å². The molecule has 0 aromatic rings. The Labute approximate surface area is 48.7 Å². The molecule has 0 aliphatic heterocycles. The van der Waals surface area contributed by atoms with E-state index in [1.807, 2.05) is 0 Å². The van der Waals surface area contributed by atoms with Crippen LogP contribution in [0, 0.1) is 0 Å². The van der Waals surface area contributed by atoms with E-state index < -0.39 is 6.44 Å². The summed E-state index contributed by atoms with van der Waals surface area (Å²) in [7, 11) is 4.37. The number of rotatable bonds is 1. The SMILES string of the molecule is B=P(C)(C)P(C)C. The van der Waals surface area contributed by atoms with E-state index in [2.05, 4.69) is 33.8 Å². The van der Waals surface area contributed by atoms with Crippen molar-refractivity contribution in [1.29, 1.82) is 0 Å². The standard InChI is InChI=1S/C4H13BP2/c1-6(2)7(3,4)5/h5H,1-4H3. The van der Waals surface area contributed by atoms with Gasteiger partial charge in [0.2, 0.25) is 0 Å². The van der Waals surface area contributed by atoms with Crippen LogP contribution in [-0.2, 0) is 0 Å². The van der Waals surface area contributed by atoms with Gasteiger partial charge in [0.1, 0.15) is 0 Å². The Bertz CT molecular complexity index is 91.9. The fourth-order valence-electron chi connectivity index (χ4n) is 0. The van der Waals surface area contributed by atoms with Crippen LogP contribution in [0.15, 0.2) is 0 Å². The molecule has 0 rings (SSSR count). The Morgan fingerprint density at radius 3 is 1.43 bits per heavy atom. The summed E-state index contributed by atoms with van der Waals surface area (Å²) >= 11 is 0. The summed E-state index contributed by atoms with van der Waals surface area (Å²) in [5, 5.41) is 0. The Morgan fingerprint density at radius 1 is 1.29 bits per heavy atom. The summed E-state index contributed by atoms with van der Waals surface area (Å²) < 4.78 is 0. The minimum absolute atomic E-state index is 0.258. The molecule has 0 saturated heterocycles. The van der Waals surface area contributed by atoms with E-state index in [0.29, 0.717) is 0 Å². The molecule has 0 fully saturated rings. The third kappa shape index (κ3) is 3.50. The van der Waals surface area contributed by atoms with E-state index in [-0.39, 0.29) is 7.61 Å². The van der Waals surface area contributed by atoms with Gasteiger partial charge in [0.15, 0.2) is 0 Å². The maximum absolute atomic E-state index is 4.11. The van der Waals surface area contributed by atoms with Crippen molar-refractivity contribution in [2.45, 2.75) is 0 Å². The molecule has 0 aromatic heterocycles. The average molecular weight is 134 g/mol. The molecule has 0 spiro atoms. The predicted molar refractivity (Wildman–Crippen MR) is 44.7 cm³/mol. The van der Waals surface area contributed by atoms with Crippen LogP contribution in [0.3, 0.4) is 0 Å². The molecular weight excluding hydrogens is 121 g/mol. The van der Waals surface area contributed by atoms with Crippen molar-refractivity contribution < 1.29 is 0 Å². The first-order valence-electron chi connectivity index (χ1n) is 2.31. The molecule has 0 atom stereocenters. The van der Waals surface area contributed by atoms with Gasteiger partial charge >= 0.3 is 47.9 Å². The van der Waals surface area contributed by atoms with Gasteiger partial charge in [-0.3, -0.25) is 0 Å². The number of hydrogen-bond acceptors (Lipinski definition) is 0. The minimum atomic E-state index is -0.673. The van der Waals surface area contributed by atoms with Gasteiger partial charge in [-0.1, -0.05) is 0 Å². The monoisotopic (exact) mass is 134 g/mol. The van der Waals surface area contributed by atoms with Crippen molar-refractivity contribution in [3.63, 3.8) is 0 Å². The average Bonchev–Trinajstić information content (AvgIpc) is 1.31. The van der Waals surface area contributed by atoms with E-state index in [0.717, 1.165) is 0 Å². The first-order valence-corrected chi connectivity index (χ1v) is 8.12. The van der Waals surface area contributed by atoms with Crippen molar-refractivity contribution in [1.82, 2.24) is 0 Å². The Hall–Kier alpha value is 0.925. The normalized spacial score (nSPS) is 12.6. The first kappa shape index (κ1) is 7.92. The molecule has 7 heavy (non-hydrogen) atoms. The predicted octanol–water partition coefficient (Wildman–Crippen LogP) is 1.74. The summed E-state index contributed by atoms with van der Waals surface area (Å²) in [5.74, 6) is 0. The van der Waals surface area contributed by atoms with E-state index in [4.69, 9.17) is 0 Å². The molecule has 0 radical (unpaired) electrons. The van der Waals surface area contributed by atoms with Gasteiger partial charge in [0.25, 0.3) is 0 Å². The molecular formula is C4H13BP2. The second kappa shape index (κ2) is 2.47. The zero-order valence-corrected chi connectivity index (χ0v) is 7.39. The zero-order valence-electron chi connectivity index (χ0n) is 5.60. The quantitative estimate of drug-likeness (QED) is 0.378. The molecule has 0 N–H and O–H groups in total. The molecule has 0 bridgehead atoms. The van der Waals surface area contributed by atoms with Gasteiger partial charge in [-0.25, -0.2) is 0 Å². The Morgan fingerprint density at radius 2 is 1.43 bits per heavy atom. The summed E-state index contributed by atoms with van der Waals surface area (Å²) in [6, 6.07) is 0. The molecule has 0 aliphatic rings. The molecule has 3 heteroatoms. The van der Waals surface area contributed by atoms with Crippen LogP contribution in [0.2, 0.25) is 0 Å². The molecule has 42 valence electrons. The molecule has 0 aliphatic carbocycles. The fourth-order valence-corrected chi connectivity index (χ4v) is 0. The van der Waals surface area contributed by atoms with Crippen molar-refractivity contribution in [2.75, 3.05) is 26.7 Å². The van der Waals surface area contributed by atoms with Crippen LogP contribution in [0.4, 0.5) is 0 Å². The van der Waals surface area contributed by atoms with Gasteiger partial charge in [-0.2, -0.15) is 0 Å². The third-order valence-corrected chi connectivity index (χ3v) is 9.75. The van der Waals surface area contributed by atoms with Crippen molar-refractivity contribution in [3.8, 4) is 0 Å². The van der Waals surface area contributed by atoms with Crippen LogP contribution in [0.25, 0.3) is 0 Å². The first-order chi connectivity index (χ1) is 2.94.